The van der Waals surface area contributed by atoms with Crippen LogP contribution in [-0.4, -0.2) is 0 Å². The summed E-state index contributed by atoms with van der Waals surface area (Å²) in [6.45, 7) is 0. The molecule has 0 aliphatic rings. The highest BCUT2D eigenvalue weighted by atomic mass is 127. The maximum Gasteiger partial charge on any atom is 0.126 e. The van der Waals surface area contributed by atoms with Crippen LogP contribution < -0.4 is 5.73 Å². The number of rotatable bonds is 3. The van der Waals surface area contributed by atoms with Crippen molar-refractivity contribution >= 4 is 34.2 Å². The van der Waals surface area contributed by atoms with Crippen molar-refractivity contribution in [1.82, 2.24) is 0 Å². The largest absolute Gasteiger partial charge is 0.324 e. The summed E-state index contributed by atoms with van der Waals surface area (Å²) in [5.41, 5.74) is 7.49. The van der Waals surface area contributed by atoms with Crippen LogP contribution in [0.15, 0.2) is 36.4 Å². The number of benzene rings is 2. The van der Waals surface area contributed by atoms with Crippen LogP contribution in [0.4, 0.5) is 8.78 Å². The number of halogens is 4. The molecule has 0 saturated heterocycles. The summed E-state index contributed by atoms with van der Waals surface area (Å²) in [6, 6.07) is 8.50. The number of hydrogen-bond acceptors (Lipinski definition) is 1. The van der Waals surface area contributed by atoms with Crippen LogP contribution in [-0.2, 0) is 6.42 Å². The Balaban J connectivity index is 2.25. The predicted octanol–water partition coefficient (Wildman–Crippen LogP) is 4.47. The molecule has 0 fully saturated rings. The molecule has 0 heterocycles. The second-order valence-electron chi connectivity index (χ2n) is 4.25. The molecule has 0 aliphatic heterocycles. The van der Waals surface area contributed by atoms with Gasteiger partial charge in [0.1, 0.15) is 11.6 Å². The van der Waals surface area contributed by atoms with Crippen molar-refractivity contribution in [1.29, 1.82) is 0 Å². The molecule has 100 valence electrons. The van der Waals surface area contributed by atoms with Crippen molar-refractivity contribution in [2.45, 2.75) is 12.5 Å². The van der Waals surface area contributed by atoms with Crippen molar-refractivity contribution < 1.29 is 8.78 Å². The zero-order chi connectivity index (χ0) is 14.0. The van der Waals surface area contributed by atoms with Gasteiger partial charge in [0, 0.05) is 20.7 Å². The fourth-order valence-electron chi connectivity index (χ4n) is 1.89. The summed E-state index contributed by atoms with van der Waals surface area (Å²) in [6.07, 6.45) is 0.352. The highest BCUT2D eigenvalue weighted by Gasteiger charge is 2.12. The van der Waals surface area contributed by atoms with E-state index in [-0.39, 0.29) is 6.04 Å². The quantitative estimate of drug-likeness (QED) is 0.765. The summed E-state index contributed by atoms with van der Waals surface area (Å²) in [5.74, 6) is -1.19. The van der Waals surface area contributed by atoms with E-state index in [4.69, 9.17) is 17.3 Å². The van der Waals surface area contributed by atoms with E-state index >= 15 is 0 Å². The summed E-state index contributed by atoms with van der Waals surface area (Å²) >= 11 is 8.10. The summed E-state index contributed by atoms with van der Waals surface area (Å²) in [5, 5.41) is 0.594. The molecule has 2 N–H and O–H groups in total. The van der Waals surface area contributed by atoms with Gasteiger partial charge in [0.2, 0.25) is 0 Å². The molecule has 5 heteroatoms. The van der Waals surface area contributed by atoms with Gasteiger partial charge in [-0.1, -0.05) is 11.6 Å². The Kier molecular flexibility index (Phi) is 4.76. The van der Waals surface area contributed by atoms with Gasteiger partial charge < -0.3 is 5.73 Å². The van der Waals surface area contributed by atoms with Crippen molar-refractivity contribution in [3.8, 4) is 0 Å². The third-order valence-electron chi connectivity index (χ3n) is 2.74. The maximum atomic E-state index is 13.1. The zero-order valence-corrected chi connectivity index (χ0v) is 12.8. The van der Waals surface area contributed by atoms with Crippen LogP contribution in [0, 0.1) is 15.2 Å². The summed E-state index contributed by atoms with van der Waals surface area (Å²) in [7, 11) is 0. The second-order valence-corrected chi connectivity index (χ2v) is 5.85. The lowest BCUT2D eigenvalue weighted by atomic mass is 9.99. The third kappa shape index (κ3) is 3.87. The van der Waals surface area contributed by atoms with Crippen molar-refractivity contribution in [2.24, 2.45) is 5.73 Å². The van der Waals surface area contributed by atoms with E-state index in [1.165, 1.54) is 12.1 Å². The molecule has 0 saturated carbocycles. The lowest BCUT2D eigenvalue weighted by Gasteiger charge is -2.14. The molecule has 1 nitrogen and oxygen atoms in total. The molecule has 0 amide bonds. The Bertz CT molecular complexity index is 584. The standard InChI is InChI=1S/C14H11ClF2IN/c15-9-1-2-13(18)12(6-9)14(19)5-8-3-10(16)7-11(17)4-8/h1-4,6-7,14H,5,19H2. The van der Waals surface area contributed by atoms with Gasteiger partial charge in [0.05, 0.1) is 0 Å². The predicted molar refractivity (Wildman–Crippen MR) is 81.2 cm³/mol. The topological polar surface area (TPSA) is 26.0 Å². The van der Waals surface area contributed by atoms with Crippen LogP contribution in [0.5, 0.6) is 0 Å². The minimum Gasteiger partial charge on any atom is -0.324 e. The minimum atomic E-state index is -0.594. The van der Waals surface area contributed by atoms with E-state index in [1.54, 1.807) is 12.1 Å². The Morgan fingerprint density at radius 2 is 1.74 bits per heavy atom. The van der Waals surface area contributed by atoms with Crippen LogP contribution in [0.3, 0.4) is 0 Å². The average Bonchev–Trinajstić information content (AvgIpc) is 2.30. The minimum absolute atomic E-state index is 0.352. The number of hydrogen-bond donors (Lipinski definition) is 1. The molecule has 2 rings (SSSR count). The van der Waals surface area contributed by atoms with E-state index in [0.29, 0.717) is 17.0 Å². The average molecular weight is 394 g/mol. The molecule has 0 spiro atoms. The Labute approximate surface area is 128 Å². The van der Waals surface area contributed by atoms with Crippen LogP contribution in [0.2, 0.25) is 5.02 Å². The normalized spacial score (nSPS) is 12.5. The van der Waals surface area contributed by atoms with Gasteiger partial charge in [-0.2, -0.15) is 0 Å². The van der Waals surface area contributed by atoms with E-state index in [9.17, 15) is 8.78 Å². The molecule has 1 unspecified atom stereocenters. The second kappa shape index (κ2) is 6.15. The van der Waals surface area contributed by atoms with Gasteiger partial charge in [0.25, 0.3) is 0 Å². The first-order valence-electron chi connectivity index (χ1n) is 5.61. The first kappa shape index (κ1) is 14.7. The van der Waals surface area contributed by atoms with Gasteiger partial charge in [0.15, 0.2) is 0 Å². The van der Waals surface area contributed by atoms with E-state index in [0.717, 1.165) is 15.2 Å². The summed E-state index contributed by atoms with van der Waals surface area (Å²) in [4.78, 5) is 0. The molecule has 19 heavy (non-hydrogen) atoms. The third-order valence-corrected chi connectivity index (χ3v) is 3.95. The van der Waals surface area contributed by atoms with Gasteiger partial charge in [-0.05, 0) is 70.5 Å². The monoisotopic (exact) mass is 393 g/mol. The van der Waals surface area contributed by atoms with E-state index in [2.05, 4.69) is 22.6 Å². The molecule has 0 bridgehead atoms. The first-order chi connectivity index (χ1) is 8.95. The van der Waals surface area contributed by atoms with E-state index in [1.807, 2.05) is 6.07 Å². The SMILES string of the molecule is NC(Cc1cc(F)cc(F)c1)c1cc(Cl)ccc1I. The lowest BCUT2D eigenvalue weighted by Crippen LogP contribution is -2.15. The van der Waals surface area contributed by atoms with E-state index < -0.39 is 11.6 Å². The Hall–Kier alpha value is -0.720. The fraction of sp³-hybridized carbons (Fsp3) is 0.143. The fourth-order valence-corrected chi connectivity index (χ4v) is 2.81. The van der Waals surface area contributed by atoms with Crippen molar-refractivity contribution in [2.75, 3.05) is 0 Å². The molecular formula is C14H11ClF2IN. The highest BCUT2D eigenvalue weighted by molar-refractivity contribution is 14.1. The Morgan fingerprint density at radius 1 is 1.11 bits per heavy atom. The molecule has 2 aromatic carbocycles. The van der Waals surface area contributed by atoms with Crippen LogP contribution in [0.1, 0.15) is 17.2 Å². The summed E-state index contributed by atoms with van der Waals surface area (Å²) < 4.78 is 27.2. The lowest BCUT2D eigenvalue weighted by molar-refractivity contribution is 0.576. The molecule has 0 aromatic heterocycles. The van der Waals surface area contributed by atoms with Crippen LogP contribution >= 0.6 is 34.2 Å². The van der Waals surface area contributed by atoms with Gasteiger partial charge in [-0.25, -0.2) is 8.78 Å². The highest BCUT2D eigenvalue weighted by Crippen LogP contribution is 2.25. The molecule has 0 aliphatic carbocycles. The van der Waals surface area contributed by atoms with Gasteiger partial charge >= 0.3 is 0 Å². The maximum absolute atomic E-state index is 13.1. The smallest absolute Gasteiger partial charge is 0.126 e. The molecule has 0 radical (unpaired) electrons. The van der Waals surface area contributed by atoms with Crippen molar-refractivity contribution in [3.63, 3.8) is 0 Å². The molecular weight excluding hydrogens is 383 g/mol. The van der Waals surface area contributed by atoms with Gasteiger partial charge in [-0.15, -0.1) is 0 Å². The van der Waals surface area contributed by atoms with Crippen LogP contribution in [0.25, 0.3) is 0 Å². The zero-order valence-electron chi connectivity index (χ0n) is 9.84. The first-order valence-corrected chi connectivity index (χ1v) is 7.07. The Morgan fingerprint density at radius 3 is 2.37 bits per heavy atom. The van der Waals surface area contributed by atoms with Gasteiger partial charge in [-0.3, -0.25) is 0 Å². The molecule has 1 atom stereocenters. The van der Waals surface area contributed by atoms with Crippen molar-refractivity contribution in [3.05, 3.63) is 67.8 Å². The molecule has 2 aromatic rings. The number of nitrogens with two attached hydrogens (primary N) is 1.